The van der Waals surface area contributed by atoms with Crippen molar-refractivity contribution in [2.45, 2.75) is 13.1 Å². The number of anilines is 1. The number of benzene rings is 2. The first-order valence-electron chi connectivity index (χ1n) is 6.61. The zero-order valence-electron chi connectivity index (χ0n) is 11.4. The van der Waals surface area contributed by atoms with Crippen LogP contribution in [-0.4, -0.2) is 11.4 Å². The number of fused-ring (bicyclic) bond motifs is 1. The molecule has 4 heteroatoms. The number of nitrogens with zero attached hydrogens (tertiary/aromatic N) is 2. The van der Waals surface area contributed by atoms with Crippen LogP contribution in [0.5, 0.6) is 0 Å². The normalized spacial score (nSPS) is 10.9. The Bertz CT molecular complexity index is 720. The van der Waals surface area contributed by atoms with Crippen LogP contribution in [0.15, 0.2) is 48.5 Å². The molecule has 3 aromatic rings. The van der Waals surface area contributed by atoms with Crippen molar-refractivity contribution in [2.24, 2.45) is 5.73 Å². The van der Waals surface area contributed by atoms with E-state index in [0.717, 1.165) is 12.1 Å². The van der Waals surface area contributed by atoms with Crippen LogP contribution in [0.4, 0.5) is 5.00 Å². The van der Waals surface area contributed by atoms with Crippen molar-refractivity contribution < 1.29 is 0 Å². The summed E-state index contributed by atoms with van der Waals surface area (Å²) in [7, 11) is 2.11. The monoisotopic (exact) mass is 283 g/mol. The minimum atomic E-state index is 0.584. The van der Waals surface area contributed by atoms with Gasteiger partial charge in [-0.15, -0.1) is 0 Å². The summed E-state index contributed by atoms with van der Waals surface area (Å²) < 4.78 is 4.50. The molecule has 102 valence electrons. The second kappa shape index (κ2) is 5.61. The van der Waals surface area contributed by atoms with E-state index in [-0.39, 0.29) is 0 Å². The predicted molar refractivity (Wildman–Crippen MR) is 86.1 cm³/mol. The quantitative estimate of drug-likeness (QED) is 0.798. The van der Waals surface area contributed by atoms with Crippen LogP contribution in [-0.2, 0) is 13.1 Å². The second-order valence-corrected chi connectivity index (χ2v) is 5.64. The van der Waals surface area contributed by atoms with Crippen LogP contribution >= 0.6 is 11.5 Å². The Labute approximate surface area is 122 Å². The number of rotatable bonds is 4. The van der Waals surface area contributed by atoms with Gasteiger partial charge in [-0.1, -0.05) is 36.4 Å². The SMILES string of the molecule is CN(Cc1cccc(CN)c1)c1snc2ccccc12. The van der Waals surface area contributed by atoms with Gasteiger partial charge in [0.1, 0.15) is 5.00 Å². The topological polar surface area (TPSA) is 42.1 Å². The van der Waals surface area contributed by atoms with Gasteiger partial charge in [-0.2, -0.15) is 4.37 Å². The lowest BCUT2D eigenvalue weighted by Crippen LogP contribution is -2.15. The number of hydrogen-bond donors (Lipinski definition) is 1. The fraction of sp³-hybridized carbons (Fsp3) is 0.188. The molecule has 1 heterocycles. The molecule has 0 atom stereocenters. The van der Waals surface area contributed by atoms with Crippen molar-refractivity contribution in [1.29, 1.82) is 0 Å². The molecular weight excluding hydrogens is 266 g/mol. The third-order valence-corrected chi connectivity index (χ3v) is 4.35. The molecule has 2 aromatic carbocycles. The van der Waals surface area contributed by atoms with E-state index < -0.39 is 0 Å². The van der Waals surface area contributed by atoms with E-state index in [1.807, 2.05) is 6.07 Å². The maximum atomic E-state index is 5.70. The van der Waals surface area contributed by atoms with Crippen LogP contribution in [0.1, 0.15) is 11.1 Å². The third kappa shape index (κ3) is 2.53. The molecule has 1 aromatic heterocycles. The van der Waals surface area contributed by atoms with Crippen molar-refractivity contribution in [3.05, 3.63) is 59.7 Å². The van der Waals surface area contributed by atoms with Gasteiger partial charge in [0.05, 0.1) is 5.52 Å². The van der Waals surface area contributed by atoms with Gasteiger partial charge < -0.3 is 10.6 Å². The van der Waals surface area contributed by atoms with Gasteiger partial charge in [0.2, 0.25) is 0 Å². The number of nitrogens with two attached hydrogens (primary N) is 1. The Balaban J connectivity index is 1.87. The molecule has 0 aliphatic carbocycles. The molecule has 0 unspecified atom stereocenters. The summed E-state index contributed by atoms with van der Waals surface area (Å²) in [4.78, 5) is 2.25. The molecule has 0 saturated heterocycles. The van der Waals surface area contributed by atoms with Crippen LogP contribution in [0, 0.1) is 0 Å². The van der Waals surface area contributed by atoms with Crippen LogP contribution < -0.4 is 10.6 Å². The first-order valence-corrected chi connectivity index (χ1v) is 7.38. The number of hydrogen-bond acceptors (Lipinski definition) is 4. The van der Waals surface area contributed by atoms with E-state index in [2.05, 4.69) is 58.8 Å². The molecular formula is C16H17N3S. The number of aromatic nitrogens is 1. The Morgan fingerprint density at radius 2 is 1.90 bits per heavy atom. The first kappa shape index (κ1) is 13.1. The van der Waals surface area contributed by atoms with E-state index in [9.17, 15) is 0 Å². The first-order chi connectivity index (χ1) is 9.78. The summed E-state index contributed by atoms with van der Waals surface area (Å²) in [5.41, 5.74) is 9.20. The van der Waals surface area contributed by atoms with Crippen molar-refractivity contribution in [2.75, 3.05) is 11.9 Å². The Kier molecular flexibility index (Phi) is 3.67. The molecule has 0 saturated carbocycles. The van der Waals surface area contributed by atoms with E-state index in [4.69, 9.17) is 5.73 Å². The third-order valence-electron chi connectivity index (χ3n) is 3.36. The van der Waals surface area contributed by atoms with E-state index in [1.165, 1.54) is 21.5 Å². The van der Waals surface area contributed by atoms with E-state index >= 15 is 0 Å². The summed E-state index contributed by atoms with van der Waals surface area (Å²) in [6.45, 7) is 1.45. The van der Waals surface area contributed by atoms with Crippen LogP contribution in [0.2, 0.25) is 0 Å². The lowest BCUT2D eigenvalue weighted by molar-refractivity contribution is 0.931. The zero-order chi connectivity index (χ0) is 13.9. The largest absolute Gasteiger partial charge is 0.360 e. The van der Waals surface area contributed by atoms with Crippen LogP contribution in [0.25, 0.3) is 10.9 Å². The van der Waals surface area contributed by atoms with Crippen LogP contribution in [0.3, 0.4) is 0 Å². The van der Waals surface area contributed by atoms with Crippen molar-refractivity contribution in [3.8, 4) is 0 Å². The molecule has 0 aliphatic rings. The fourth-order valence-corrected chi connectivity index (χ4v) is 3.17. The smallest absolute Gasteiger partial charge is 0.120 e. The van der Waals surface area contributed by atoms with Gasteiger partial charge in [0.15, 0.2) is 0 Å². The Hall–Kier alpha value is -1.91. The molecule has 0 amide bonds. The highest BCUT2D eigenvalue weighted by molar-refractivity contribution is 7.11. The van der Waals surface area contributed by atoms with Gasteiger partial charge in [0, 0.05) is 25.5 Å². The summed E-state index contributed by atoms with van der Waals surface area (Å²) in [6.07, 6.45) is 0. The molecule has 0 radical (unpaired) electrons. The summed E-state index contributed by atoms with van der Waals surface area (Å²) in [5.74, 6) is 0. The maximum Gasteiger partial charge on any atom is 0.120 e. The molecule has 0 fully saturated rings. The highest BCUT2D eigenvalue weighted by Crippen LogP contribution is 2.31. The van der Waals surface area contributed by atoms with Crippen molar-refractivity contribution >= 4 is 27.4 Å². The Morgan fingerprint density at radius 1 is 1.10 bits per heavy atom. The van der Waals surface area contributed by atoms with E-state index in [0.29, 0.717) is 6.54 Å². The van der Waals surface area contributed by atoms with Gasteiger partial charge in [-0.3, -0.25) is 0 Å². The molecule has 0 bridgehead atoms. The Morgan fingerprint density at radius 3 is 2.75 bits per heavy atom. The molecule has 2 N–H and O–H groups in total. The highest BCUT2D eigenvalue weighted by Gasteiger charge is 2.10. The van der Waals surface area contributed by atoms with Gasteiger partial charge in [-0.25, -0.2) is 0 Å². The lowest BCUT2D eigenvalue weighted by Gasteiger charge is -2.17. The van der Waals surface area contributed by atoms with Crippen molar-refractivity contribution in [3.63, 3.8) is 0 Å². The highest BCUT2D eigenvalue weighted by atomic mass is 32.1. The summed E-state index contributed by atoms with van der Waals surface area (Å²) in [5, 5.41) is 2.42. The summed E-state index contributed by atoms with van der Waals surface area (Å²) in [6, 6.07) is 16.7. The average molecular weight is 283 g/mol. The zero-order valence-corrected chi connectivity index (χ0v) is 12.2. The standard InChI is InChI=1S/C16H17N3S/c1-19(11-13-6-4-5-12(9-13)10-17)16-14-7-2-3-8-15(14)18-20-16/h2-9H,10-11,17H2,1H3. The minimum Gasteiger partial charge on any atom is -0.360 e. The maximum absolute atomic E-state index is 5.70. The fourth-order valence-electron chi connectivity index (χ4n) is 2.35. The average Bonchev–Trinajstić information content (AvgIpc) is 2.91. The molecule has 20 heavy (non-hydrogen) atoms. The predicted octanol–water partition coefficient (Wildman–Crippen LogP) is 3.39. The molecule has 3 rings (SSSR count). The molecule has 0 spiro atoms. The molecule has 3 nitrogen and oxygen atoms in total. The van der Waals surface area contributed by atoms with Crippen molar-refractivity contribution in [1.82, 2.24) is 4.37 Å². The van der Waals surface area contributed by atoms with Gasteiger partial charge in [-0.05, 0) is 34.8 Å². The van der Waals surface area contributed by atoms with Gasteiger partial charge >= 0.3 is 0 Å². The lowest BCUT2D eigenvalue weighted by atomic mass is 10.1. The van der Waals surface area contributed by atoms with Gasteiger partial charge in [0.25, 0.3) is 0 Å². The second-order valence-electron chi connectivity index (χ2n) is 4.89. The van der Waals surface area contributed by atoms with E-state index in [1.54, 1.807) is 11.5 Å². The summed E-state index contributed by atoms with van der Waals surface area (Å²) >= 11 is 1.55. The molecule has 0 aliphatic heterocycles. The minimum absolute atomic E-state index is 0.584.